The average molecular weight is 155 g/mol. The molecule has 2 fully saturated rings. The SMILES string of the molecule is O=C(O)CC1N[C@@H]2CCC[C@H]12. The molecular formula is C8H13NO2. The van der Waals surface area contributed by atoms with Gasteiger partial charge in [0, 0.05) is 12.1 Å². The second-order valence-corrected chi connectivity index (χ2v) is 3.57. The van der Waals surface area contributed by atoms with E-state index in [1.54, 1.807) is 0 Å². The molecule has 2 N–H and O–H groups in total. The molecule has 0 radical (unpaired) electrons. The van der Waals surface area contributed by atoms with Crippen LogP contribution in [0.25, 0.3) is 0 Å². The molecule has 62 valence electrons. The van der Waals surface area contributed by atoms with Crippen LogP contribution in [0.5, 0.6) is 0 Å². The molecule has 1 saturated heterocycles. The van der Waals surface area contributed by atoms with Crippen LogP contribution in [0.1, 0.15) is 25.7 Å². The zero-order chi connectivity index (χ0) is 7.84. The van der Waals surface area contributed by atoms with Gasteiger partial charge in [0.25, 0.3) is 0 Å². The number of carboxylic acid groups (broad SMARTS) is 1. The highest BCUT2D eigenvalue weighted by Gasteiger charge is 2.43. The maximum Gasteiger partial charge on any atom is 0.304 e. The Balaban J connectivity index is 1.85. The molecule has 0 bridgehead atoms. The molecule has 2 aliphatic rings. The van der Waals surface area contributed by atoms with Gasteiger partial charge in [-0.3, -0.25) is 4.79 Å². The van der Waals surface area contributed by atoms with Gasteiger partial charge in [-0.05, 0) is 18.8 Å². The first-order valence-electron chi connectivity index (χ1n) is 4.25. The zero-order valence-electron chi connectivity index (χ0n) is 6.42. The first-order chi connectivity index (χ1) is 5.27. The number of hydrogen-bond donors (Lipinski definition) is 2. The van der Waals surface area contributed by atoms with Crippen LogP contribution in [-0.2, 0) is 4.79 Å². The second-order valence-electron chi connectivity index (χ2n) is 3.57. The van der Waals surface area contributed by atoms with Gasteiger partial charge in [0.1, 0.15) is 0 Å². The molecule has 3 nitrogen and oxygen atoms in total. The van der Waals surface area contributed by atoms with Gasteiger partial charge in [-0.2, -0.15) is 0 Å². The fourth-order valence-electron chi connectivity index (χ4n) is 2.36. The van der Waals surface area contributed by atoms with Crippen LogP contribution in [0.15, 0.2) is 0 Å². The van der Waals surface area contributed by atoms with E-state index in [9.17, 15) is 4.79 Å². The predicted molar refractivity (Wildman–Crippen MR) is 40.3 cm³/mol. The minimum atomic E-state index is -0.673. The average Bonchev–Trinajstić information content (AvgIpc) is 2.26. The van der Waals surface area contributed by atoms with Crippen LogP contribution in [0.2, 0.25) is 0 Å². The molecule has 0 amide bonds. The zero-order valence-corrected chi connectivity index (χ0v) is 6.42. The van der Waals surface area contributed by atoms with Crippen molar-refractivity contribution < 1.29 is 9.90 Å². The predicted octanol–water partition coefficient (Wildman–Crippen LogP) is 0.602. The lowest BCUT2D eigenvalue weighted by Gasteiger charge is -2.41. The normalized spacial score (nSPS) is 41.3. The minimum absolute atomic E-state index is 0.278. The number of carboxylic acids is 1. The number of hydrogen-bond acceptors (Lipinski definition) is 2. The molecule has 0 aromatic heterocycles. The summed E-state index contributed by atoms with van der Waals surface area (Å²) in [4.78, 5) is 10.4. The van der Waals surface area contributed by atoms with E-state index in [-0.39, 0.29) is 6.04 Å². The summed E-state index contributed by atoms with van der Waals surface area (Å²) in [5.74, 6) is -0.000972. The van der Waals surface area contributed by atoms with Crippen molar-refractivity contribution in [1.29, 1.82) is 0 Å². The minimum Gasteiger partial charge on any atom is -0.481 e. The maximum absolute atomic E-state index is 10.4. The molecule has 1 aliphatic carbocycles. The fraction of sp³-hybridized carbons (Fsp3) is 0.875. The van der Waals surface area contributed by atoms with Crippen LogP contribution in [-0.4, -0.2) is 23.2 Å². The molecule has 1 unspecified atom stereocenters. The highest BCUT2D eigenvalue weighted by molar-refractivity contribution is 5.67. The molecule has 3 heteroatoms. The summed E-state index contributed by atoms with van der Waals surface area (Å²) in [6.45, 7) is 0. The Morgan fingerprint density at radius 3 is 3.00 bits per heavy atom. The van der Waals surface area contributed by atoms with E-state index in [0.29, 0.717) is 18.4 Å². The van der Waals surface area contributed by atoms with E-state index < -0.39 is 5.97 Å². The summed E-state index contributed by atoms with van der Waals surface area (Å²) in [5.41, 5.74) is 0. The van der Waals surface area contributed by atoms with E-state index in [1.165, 1.54) is 19.3 Å². The smallest absolute Gasteiger partial charge is 0.304 e. The summed E-state index contributed by atoms with van der Waals surface area (Å²) in [5, 5.41) is 11.8. The number of fused-ring (bicyclic) bond motifs is 1. The Morgan fingerprint density at radius 2 is 2.36 bits per heavy atom. The highest BCUT2D eigenvalue weighted by Crippen LogP contribution is 2.37. The van der Waals surface area contributed by atoms with E-state index in [1.807, 2.05) is 0 Å². The number of aliphatic carboxylic acids is 1. The Bertz CT molecular complexity index is 181. The van der Waals surface area contributed by atoms with Crippen molar-refractivity contribution in [2.75, 3.05) is 0 Å². The Morgan fingerprint density at radius 1 is 1.55 bits per heavy atom. The lowest BCUT2D eigenvalue weighted by molar-refractivity contribution is -0.138. The van der Waals surface area contributed by atoms with Crippen molar-refractivity contribution >= 4 is 5.97 Å². The van der Waals surface area contributed by atoms with Gasteiger partial charge in [0.15, 0.2) is 0 Å². The van der Waals surface area contributed by atoms with E-state index in [4.69, 9.17) is 5.11 Å². The molecule has 11 heavy (non-hydrogen) atoms. The molecule has 2 rings (SSSR count). The Labute approximate surface area is 65.8 Å². The van der Waals surface area contributed by atoms with Crippen molar-refractivity contribution in [3.63, 3.8) is 0 Å². The molecule has 1 saturated carbocycles. The van der Waals surface area contributed by atoms with Crippen molar-refractivity contribution in [3.8, 4) is 0 Å². The van der Waals surface area contributed by atoms with Crippen LogP contribution in [0, 0.1) is 5.92 Å². The highest BCUT2D eigenvalue weighted by atomic mass is 16.4. The van der Waals surface area contributed by atoms with Gasteiger partial charge in [-0.15, -0.1) is 0 Å². The summed E-state index contributed by atoms with van der Waals surface area (Å²) in [6, 6.07) is 0.930. The Kier molecular flexibility index (Phi) is 1.60. The Hall–Kier alpha value is -0.570. The molecule has 1 heterocycles. The fourth-order valence-corrected chi connectivity index (χ4v) is 2.36. The molecule has 1 aliphatic heterocycles. The largest absolute Gasteiger partial charge is 0.481 e. The van der Waals surface area contributed by atoms with Crippen LogP contribution in [0.3, 0.4) is 0 Å². The molecular weight excluding hydrogens is 142 g/mol. The third-order valence-electron chi connectivity index (χ3n) is 2.91. The number of rotatable bonds is 2. The third kappa shape index (κ3) is 1.13. The monoisotopic (exact) mass is 155 g/mol. The van der Waals surface area contributed by atoms with Gasteiger partial charge in [-0.25, -0.2) is 0 Å². The van der Waals surface area contributed by atoms with E-state index in [2.05, 4.69) is 5.32 Å². The van der Waals surface area contributed by atoms with Gasteiger partial charge >= 0.3 is 5.97 Å². The lowest BCUT2D eigenvalue weighted by atomic mass is 9.83. The molecule has 0 aromatic rings. The van der Waals surface area contributed by atoms with Crippen molar-refractivity contribution in [2.45, 2.75) is 37.8 Å². The summed E-state index contributed by atoms with van der Waals surface area (Å²) in [6.07, 6.45) is 4.07. The number of carbonyl (C=O) groups is 1. The van der Waals surface area contributed by atoms with Gasteiger partial charge in [0.05, 0.1) is 6.42 Å². The second kappa shape index (κ2) is 2.48. The third-order valence-corrected chi connectivity index (χ3v) is 2.91. The first-order valence-corrected chi connectivity index (χ1v) is 4.25. The lowest BCUT2D eigenvalue weighted by Crippen LogP contribution is -2.59. The van der Waals surface area contributed by atoms with Crippen molar-refractivity contribution in [2.24, 2.45) is 5.92 Å². The van der Waals surface area contributed by atoms with E-state index in [0.717, 1.165) is 0 Å². The molecule has 0 spiro atoms. The topological polar surface area (TPSA) is 49.3 Å². The van der Waals surface area contributed by atoms with Crippen LogP contribution in [0.4, 0.5) is 0 Å². The summed E-state index contributed by atoms with van der Waals surface area (Å²) < 4.78 is 0. The van der Waals surface area contributed by atoms with Gasteiger partial charge in [-0.1, -0.05) is 6.42 Å². The van der Waals surface area contributed by atoms with Gasteiger partial charge in [0.2, 0.25) is 0 Å². The van der Waals surface area contributed by atoms with Crippen molar-refractivity contribution in [3.05, 3.63) is 0 Å². The molecule has 0 aromatic carbocycles. The summed E-state index contributed by atoms with van der Waals surface area (Å²) >= 11 is 0. The van der Waals surface area contributed by atoms with Crippen molar-refractivity contribution in [1.82, 2.24) is 5.32 Å². The van der Waals surface area contributed by atoms with Gasteiger partial charge < -0.3 is 10.4 Å². The standard InChI is InChI=1S/C8H13NO2/c10-8(11)4-7-5-2-1-3-6(5)9-7/h5-7,9H,1-4H2,(H,10,11)/t5-,6+,7?/m0/s1. The maximum atomic E-state index is 10.4. The van der Waals surface area contributed by atoms with Crippen LogP contribution >= 0.6 is 0 Å². The quantitative estimate of drug-likeness (QED) is 0.614. The number of nitrogens with one attached hydrogen (secondary N) is 1. The van der Waals surface area contributed by atoms with E-state index >= 15 is 0 Å². The summed E-state index contributed by atoms with van der Waals surface area (Å²) in [7, 11) is 0. The van der Waals surface area contributed by atoms with Crippen LogP contribution < -0.4 is 5.32 Å². The molecule has 3 atom stereocenters. The first kappa shape index (κ1) is 7.10.